The van der Waals surface area contributed by atoms with Crippen LogP contribution in [0.2, 0.25) is 5.02 Å². The Bertz CT molecular complexity index is 1060. The first-order valence-electron chi connectivity index (χ1n) is 6.77. The number of nitrogens with one attached hydrogen (secondary N) is 1. The van der Waals surface area contributed by atoms with Crippen LogP contribution in [0.1, 0.15) is 5.56 Å². The van der Waals surface area contributed by atoms with E-state index in [1.807, 2.05) is 34.7 Å². The maximum atomic E-state index is 6.10. The highest BCUT2D eigenvalue weighted by molar-refractivity contribution is 7.71. The molecule has 0 fully saturated rings. The molecule has 0 amide bonds. The number of fused-ring (bicyclic) bond motifs is 3. The lowest BCUT2D eigenvalue weighted by Crippen LogP contribution is -1.98. The number of aromatic nitrogens is 4. The molecule has 4 nitrogen and oxygen atoms in total. The number of nitrogens with zero attached hydrogens (tertiary/aromatic N) is 3. The molecule has 2 aromatic carbocycles. The van der Waals surface area contributed by atoms with Gasteiger partial charge in [-0.15, -0.1) is 0 Å². The first-order valence-corrected chi connectivity index (χ1v) is 7.55. The third kappa shape index (κ3) is 2.01. The monoisotopic (exact) mass is 326 g/mol. The van der Waals surface area contributed by atoms with E-state index in [2.05, 4.69) is 29.3 Å². The molecule has 2 aromatic heterocycles. The van der Waals surface area contributed by atoms with Crippen molar-refractivity contribution in [3.8, 4) is 11.4 Å². The summed E-state index contributed by atoms with van der Waals surface area (Å²) in [5, 5.41) is 8.70. The molecule has 0 aliphatic carbocycles. The molecule has 1 N–H and O–H groups in total. The Labute approximate surface area is 136 Å². The molecule has 2 heterocycles. The normalized spacial score (nSPS) is 11.4. The average Bonchev–Trinajstić information content (AvgIpc) is 2.90. The summed E-state index contributed by atoms with van der Waals surface area (Å²) in [4.78, 5) is 4.76. The summed E-state index contributed by atoms with van der Waals surface area (Å²) in [5.41, 5.74) is 3.75. The molecule has 0 saturated heterocycles. The number of halogens is 1. The quantitative estimate of drug-likeness (QED) is 0.521. The van der Waals surface area contributed by atoms with Crippen LogP contribution in [0.3, 0.4) is 0 Å². The highest BCUT2D eigenvalue weighted by Gasteiger charge is 2.13. The summed E-state index contributed by atoms with van der Waals surface area (Å²) in [7, 11) is 0. The Kier molecular flexibility index (Phi) is 2.99. The van der Waals surface area contributed by atoms with E-state index in [1.54, 1.807) is 0 Å². The number of aryl methyl sites for hydroxylation is 1. The fraction of sp³-hybridized carbons (Fsp3) is 0.0625. The Morgan fingerprint density at radius 3 is 2.68 bits per heavy atom. The molecule has 0 aliphatic heterocycles. The molecule has 0 unspecified atom stereocenters. The lowest BCUT2D eigenvalue weighted by atomic mass is 10.1. The Morgan fingerprint density at radius 2 is 1.91 bits per heavy atom. The molecule has 0 saturated carbocycles. The SMILES string of the molecule is Cc1ccc(-c2nc3ccc(Cl)cc3c3n[nH]c(=S)n23)cc1. The van der Waals surface area contributed by atoms with Gasteiger partial charge in [0.15, 0.2) is 5.65 Å². The van der Waals surface area contributed by atoms with Gasteiger partial charge in [0.2, 0.25) is 4.77 Å². The van der Waals surface area contributed by atoms with Crippen LogP contribution in [0, 0.1) is 11.7 Å². The van der Waals surface area contributed by atoms with Crippen molar-refractivity contribution in [3.63, 3.8) is 0 Å². The molecular formula is C16H11ClN4S. The lowest BCUT2D eigenvalue weighted by Gasteiger charge is -2.08. The standard InChI is InChI=1S/C16H11ClN4S/c1-9-2-4-10(5-3-9)14-18-13-7-6-11(17)8-12(13)15-19-20-16(22)21(14)15/h2-8H,1H3,(H,20,22). The molecular weight excluding hydrogens is 316 g/mol. The van der Waals surface area contributed by atoms with Gasteiger partial charge in [-0.05, 0) is 37.3 Å². The maximum absolute atomic E-state index is 6.10. The van der Waals surface area contributed by atoms with Crippen molar-refractivity contribution in [2.45, 2.75) is 6.92 Å². The van der Waals surface area contributed by atoms with E-state index < -0.39 is 0 Å². The minimum atomic E-state index is 0.514. The van der Waals surface area contributed by atoms with E-state index in [9.17, 15) is 0 Å². The molecule has 0 bridgehead atoms. The number of hydrogen-bond acceptors (Lipinski definition) is 3. The molecule has 0 radical (unpaired) electrons. The second kappa shape index (κ2) is 4.90. The number of benzene rings is 2. The van der Waals surface area contributed by atoms with Gasteiger partial charge in [-0.1, -0.05) is 41.4 Å². The van der Waals surface area contributed by atoms with Gasteiger partial charge in [0.1, 0.15) is 5.82 Å². The zero-order valence-electron chi connectivity index (χ0n) is 11.7. The topological polar surface area (TPSA) is 46.0 Å². The zero-order chi connectivity index (χ0) is 15.3. The highest BCUT2D eigenvalue weighted by atomic mass is 35.5. The van der Waals surface area contributed by atoms with Gasteiger partial charge in [0.05, 0.1) is 5.52 Å². The van der Waals surface area contributed by atoms with Gasteiger partial charge in [0.25, 0.3) is 0 Å². The van der Waals surface area contributed by atoms with Crippen LogP contribution in [0.25, 0.3) is 27.9 Å². The largest absolute Gasteiger partial charge is 0.251 e. The van der Waals surface area contributed by atoms with E-state index in [4.69, 9.17) is 28.8 Å². The molecule has 6 heteroatoms. The van der Waals surface area contributed by atoms with E-state index >= 15 is 0 Å². The van der Waals surface area contributed by atoms with Crippen molar-refractivity contribution in [1.82, 2.24) is 19.6 Å². The van der Waals surface area contributed by atoms with Gasteiger partial charge in [0, 0.05) is 16.0 Å². The molecule has 108 valence electrons. The van der Waals surface area contributed by atoms with Gasteiger partial charge in [-0.2, -0.15) is 5.10 Å². The van der Waals surface area contributed by atoms with E-state index in [1.165, 1.54) is 5.56 Å². The Balaban J connectivity index is 2.17. The minimum Gasteiger partial charge on any atom is -0.251 e. The van der Waals surface area contributed by atoms with Gasteiger partial charge >= 0.3 is 0 Å². The summed E-state index contributed by atoms with van der Waals surface area (Å²) in [6.45, 7) is 2.05. The van der Waals surface area contributed by atoms with Gasteiger partial charge < -0.3 is 0 Å². The summed E-state index contributed by atoms with van der Waals surface area (Å²) in [5.74, 6) is 0.767. The molecule has 4 rings (SSSR count). The minimum absolute atomic E-state index is 0.514. The maximum Gasteiger partial charge on any atom is 0.201 e. The third-order valence-electron chi connectivity index (χ3n) is 3.62. The molecule has 4 aromatic rings. The first kappa shape index (κ1) is 13.4. The third-order valence-corrected chi connectivity index (χ3v) is 4.13. The number of rotatable bonds is 1. The number of hydrogen-bond donors (Lipinski definition) is 1. The van der Waals surface area contributed by atoms with Crippen molar-refractivity contribution in [3.05, 3.63) is 57.8 Å². The van der Waals surface area contributed by atoms with Gasteiger partial charge in [-0.3, -0.25) is 9.50 Å². The zero-order valence-corrected chi connectivity index (χ0v) is 13.2. The van der Waals surface area contributed by atoms with Crippen LogP contribution >= 0.6 is 23.8 Å². The number of H-pyrrole nitrogens is 1. The van der Waals surface area contributed by atoms with E-state index in [0.717, 1.165) is 27.9 Å². The predicted octanol–water partition coefficient (Wildman–Crippen LogP) is 4.57. The van der Waals surface area contributed by atoms with Crippen molar-refractivity contribution in [2.24, 2.45) is 0 Å². The fourth-order valence-electron chi connectivity index (χ4n) is 2.52. The lowest BCUT2D eigenvalue weighted by molar-refractivity contribution is 1.06. The van der Waals surface area contributed by atoms with Crippen molar-refractivity contribution in [1.29, 1.82) is 0 Å². The smallest absolute Gasteiger partial charge is 0.201 e. The summed E-state index contributed by atoms with van der Waals surface area (Å²) in [6.07, 6.45) is 0. The van der Waals surface area contributed by atoms with Crippen molar-refractivity contribution in [2.75, 3.05) is 0 Å². The highest BCUT2D eigenvalue weighted by Crippen LogP contribution is 2.27. The van der Waals surface area contributed by atoms with Crippen LogP contribution in [-0.4, -0.2) is 19.6 Å². The van der Waals surface area contributed by atoms with E-state index in [0.29, 0.717) is 9.79 Å². The molecule has 0 aliphatic rings. The summed E-state index contributed by atoms with van der Waals surface area (Å²) >= 11 is 11.5. The summed E-state index contributed by atoms with van der Waals surface area (Å²) in [6, 6.07) is 13.8. The first-order chi connectivity index (χ1) is 10.6. The van der Waals surface area contributed by atoms with Gasteiger partial charge in [-0.25, -0.2) is 4.98 Å². The van der Waals surface area contributed by atoms with Crippen LogP contribution < -0.4 is 0 Å². The molecule has 0 spiro atoms. The Hall–Kier alpha value is -2.24. The van der Waals surface area contributed by atoms with E-state index in [-0.39, 0.29) is 0 Å². The van der Waals surface area contributed by atoms with Crippen LogP contribution in [0.4, 0.5) is 0 Å². The number of aromatic amines is 1. The summed E-state index contributed by atoms with van der Waals surface area (Å²) < 4.78 is 2.36. The molecule has 0 atom stereocenters. The second-order valence-electron chi connectivity index (χ2n) is 5.15. The van der Waals surface area contributed by atoms with Crippen LogP contribution in [0.15, 0.2) is 42.5 Å². The average molecular weight is 327 g/mol. The Morgan fingerprint density at radius 1 is 1.14 bits per heavy atom. The van der Waals surface area contributed by atoms with Crippen LogP contribution in [0.5, 0.6) is 0 Å². The van der Waals surface area contributed by atoms with Crippen LogP contribution in [-0.2, 0) is 0 Å². The molecule has 22 heavy (non-hydrogen) atoms. The van der Waals surface area contributed by atoms with Crippen molar-refractivity contribution >= 4 is 40.4 Å². The predicted molar refractivity (Wildman–Crippen MR) is 90.9 cm³/mol. The second-order valence-corrected chi connectivity index (χ2v) is 5.97. The fourth-order valence-corrected chi connectivity index (χ4v) is 2.91. The van der Waals surface area contributed by atoms with Crippen molar-refractivity contribution < 1.29 is 0 Å².